The average Bonchev–Trinajstić information content (AvgIpc) is 2.36. The molecule has 0 aromatic heterocycles. The van der Waals surface area contributed by atoms with Crippen LogP contribution in [0.3, 0.4) is 0 Å². The van der Waals surface area contributed by atoms with Crippen molar-refractivity contribution in [1.82, 2.24) is 4.31 Å². The van der Waals surface area contributed by atoms with E-state index in [1.54, 1.807) is 0 Å². The molecule has 21 heavy (non-hydrogen) atoms. The number of nitrogens with two attached hydrogens (primary N) is 1. The Morgan fingerprint density at radius 3 is 2.29 bits per heavy atom. The number of hydrogen-bond acceptors (Lipinski definition) is 3. The number of rotatable bonds is 5. The first kappa shape index (κ1) is 18.5. The van der Waals surface area contributed by atoms with Crippen LogP contribution in [0.4, 0.5) is 13.2 Å². The summed E-state index contributed by atoms with van der Waals surface area (Å²) in [5.41, 5.74) is 5.65. The van der Waals surface area contributed by atoms with Crippen LogP contribution in [0.2, 0.25) is 10.0 Å². The monoisotopic (exact) mass is 364 g/mol. The Morgan fingerprint density at radius 2 is 1.86 bits per heavy atom. The largest absolute Gasteiger partial charge is 0.402 e. The van der Waals surface area contributed by atoms with Gasteiger partial charge in [-0.3, -0.25) is 0 Å². The maximum absolute atomic E-state index is 12.5. The van der Waals surface area contributed by atoms with E-state index >= 15 is 0 Å². The van der Waals surface area contributed by atoms with Gasteiger partial charge in [-0.05, 0) is 17.7 Å². The van der Waals surface area contributed by atoms with Crippen molar-refractivity contribution >= 4 is 33.2 Å². The first-order chi connectivity index (χ1) is 9.52. The molecule has 1 rings (SSSR count). The number of hydrogen-bond donors (Lipinski definition) is 1. The first-order valence-corrected chi connectivity index (χ1v) is 7.97. The van der Waals surface area contributed by atoms with Crippen molar-refractivity contribution in [2.45, 2.75) is 24.5 Å². The van der Waals surface area contributed by atoms with E-state index in [1.807, 2.05) is 0 Å². The lowest BCUT2D eigenvalue weighted by atomic mass is 10.2. The fraction of sp³-hybridized carbons (Fsp3) is 0.455. The Morgan fingerprint density at radius 1 is 1.29 bits per heavy atom. The molecule has 0 aliphatic heterocycles. The van der Waals surface area contributed by atoms with Crippen LogP contribution in [-0.4, -0.2) is 32.0 Å². The van der Waals surface area contributed by atoms with E-state index in [2.05, 4.69) is 0 Å². The van der Waals surface area contributed by atoms with Gasteiger partial charge < -0.3 is 5.73 Å². The molecule has 2 N–H and O–H groups in total. The standard InChI is InChI=1S/C11H13Cl2F3N2O2S/c1-2-18(6-11(14,15)16)21(19,20)9-4-8(12)3-7(5-17)10(9)13/h3-4H,2,5-6,17H2,1H3. The molecule has 0 aliphatic rings. The second-order valence-corrected chi connectivity index (χ2v) is 6.85. The molecule has 0 heterocycles. The highest BCUT2D eigenvalue weighted by Crippen LogP contribution is 2.32. The zero-order valence-electron chi connectivity index (χ0n) is 10.9. The van der Waals surface area contributed by atoms with Crippen molar-refractivity contribution in [2.75, 3.05) is 13.1 Å². The van der Waals surface area contributed by atoms with Crippen LogP contribution in [0, 0.1) is 0 Å². The Kier molecular flexibility index (Phi) is 5.91. The van der Waals surface area contributed by atoms with E-state index in [9.17, 15) is 21.6 Å². The summed E-state index contributed by atoms with van der Waals surface area (Å²) >= 11 is 11.7. The third-order valence-electron chi connectivity index (χ3n) is 2.63. The third-order valence-corrected chi connectivity index (χ3v) is 5.35. The normalized spacial score (nSPS) is 13.0. The van der Waals surface area contributed by atoms with Crippen LogP contribution in [0.25, 0.3) is 0 Å². The summed E-state index contributed by atoms with van der Waals surface area (Å²) < 4.78 is 62.4. The third kappa shape index (κ3) is 4.46. The molecule has 0 saturated heterocycles. The van der Waals surface area contributed by atoms with E-state index in [0.717, 1.165) is 6.07 Å². The van der Waals surface area contributed by atoms with Crippen LogP contribution in [-0.2, 0) is 16.6 Å². The minimum Gasteiger partial charge on any atom is -0.326 e. The van der Waals surface area contributed by atoms with Crippen molar-refractivity contribution in [3.05, 3.63) is 27.7 Å². The summed E-state index contributed by atoms with van der Waals surface area (Å²) in [5.74, 6) is 0. The molecule has 4 nitrogen and oxygen atoms in total. The molecular formula is C11H13Cl2F3N2O2S. The van der Waals surface area contributed by atoms with E-state index in [1.165, 1.54) is 13.0 Å². The highest BCUT2D eigenvalue weighted by Gasteiger charge is 2.37. The molecule has 0 unspecified atom stereocenters. The average molecular weight is 365 g/mol. The second-order valence-electron chi connectivity index (χ2n) is 4.13. The summed E-state index contributed by atoms with van der Waals surface area (Å²) in [6, 6.07) is 2.38. The second kappa shape index (κ2) is 6.70. The molecule has 120 valence electrons. The molecule has 10 heteroatoms. The fourth-order valence-corrected chi connectivity index (χ4v) is 4.01. The lowest BCUT2D eigenvalue weighted by Crippen LogP contribution is -2.38. The van der Waals surface area contributed by atoms with Gasteiger partial charge in [-0.1, -0.05) is 30.1 Å². The van der Waals surface area contributed by atoms with E-state index in [0.29, 0.717) is 0 Å². The molecule has 0 bridgehead atoms. The SMILES string of the molecule is CCN(CC(F)(F)F)S(=O)(=O)c1cc(Cl)cc(CN)c1Cl. The molecular weight excluding hydrogens is 352 g/mol. The summed E-state index contributed by atoms with van der Waals surface area (Å²) in [6.07, 6.45) is -4.66. The predicted molar refractivity (Wildman–Crippen MR) is 74.8 cm³/mol. The number of sulfonamides is 1. The van der Waals surface area contributed by atoms with Gasteiger partial charge in [0.15, 0.2) is 0 Å². The number of benzene rings is 1. The maximum Gasteiger partial charge on any atom is 0.402 e. The van der Waals surface area contributed by atoms with E-state index in [-0.39, 0.29) is 33.0 Å². The smallest absolute Gasteiger partial charge is 0.326 e. The molecule has 0 radical (unpaired) electrons. The van der Waals surface area contributed by atoms with Crippen molar-refractivity contribution in [1.29, 1.82) is 0 Å². The Hall–Kier alpha value is -0.540. The Bertz CT molecular complexity index is 621. The molecule has 0 aliphatic carbocycles. The molecule has 0 fully saturated rings. The van der Waals surface area contributed by atoms with Gasteiger partial charge in [0.1, 0.15) is 11.4 Å². The minimum absolute atomic E-state index is 0.0292. The van der Waals surface area contributed by atoms with Gasteiger partial charge in [-0.25, -0.2) is 8.42 Å². The molecule has 0 saturated carbocycles. The molecule has 0 amide bonds. The van der Waals surface area contributed by atoms with Crippen molar-refractivity contribution in [2.24, 2.45) is 5.73 Å². The van der Waals surface area contributed by atoms with Gasteiger partial charge in [-0.2, -0.15) is 17.5 Å². The highest BCUT2D eigenvalue weighted by molar-refractivity contribution is 7.89. The predicted octanol–water partition coefficient (Wildman–Crippen LogP) is 3.03. The van der Waals surface area contributed by atoms with Gasteiger partial charge in [0.05, 0.1) is 5.02 Å². The van der Waals surface area contributed by atoms with Crippen LogP contribution in [0.1, 0.15) is 12.5 Å². The van der Waals surface area contributed by atoms with Gasteiger partial charge >= 0.3 is 6.18 Å². The van der Waals surface area contributed by atoms with Crippen molar-refractivity contribution in [3.63, 3.8) is 0 Å². The van der Waals surface area contributed by atoms with Crippen LogP contribution < -0.4 is 5.73 Å². The summed E-state index contributed by atoms with van der Waals surface area (Å²) in [7, 11) is -4.43. The summed E-state index contributed by atoms with van der Waals surface area (Å²) in [4.78, 5) is -0.483. The van der Waals surface area contributed by atoms with E-state index in [4.69, 9.17) is 28.9 Å². The van der Waals surface area contributed by atoms with Gasteiger partial charge in [-0.15, -0.1) is 0 Å². The molecule has 0 atom stereocenters. The van der Waals surface area contributed by atoms with Gasteiger partial charge in [0.2, 0.25) is 10.0 Å². The Balaban J connectivity index is 3.39. The highest BCUT2D eigenvalue weighted by atomic mass is 35.5. The molecule has 1 aromatic rings. The van der Waals surface area contributed by atoms with Crippen LogP contribution in [0.15, 0.2) is 17.0 Å². The number of nitrogens with zero attached hydrogens (tertiary/aromatic N) is 1. The quantitative estimate of drug-likeness (QED) is 0.873. The van der Waals surface area contributed by atoms with Gasteiger partial charge in [0.25, 0.3) is 0 Å². The van der Waals surface area contributed by atoms with Crippen molar-refractivity contribution in [3.8, 4) is 0 Å². The maximum atomic E-state index is 12.5. The topological polar surface area (TPSA) is 63.4 Å². The van der Waals surface area contributed by atoms with Crippen LogP contribution >= 0.6 is 23.2 Å². The van der Waals surface area contributed by atoms with Crippen LogP contribution in [0.5, 0.6) is 0 Å². The number of alkyl halides is 3. The Labute approximate surface area is 130 Å². The zero-order valence-corrected chi connectivity index (χ0v) is 13.2. The zero-order chi connectivity index (χ0) is 16.4. The lowest BCUT2D eigenvalue weighted by molar-refractivity contribution is -0.135. The van der Waals surface area contributed by atoms with E-state index < -0.39 is 27.6 Å². The fourth-order valence-electron chi connectivity index (χ4n) is 1.66. The van der Waals surface area contributed by atoms with Gasteiger partial charge in [0, 0.05) is 18.1 Å². The minimum atomic E-state index is -4.66. The summed E-state index contributed by atoms with van der Waals surface area (Å²) in [6.45, 7) is -0.756. The number of halogens is 5. The lowest BCUT2D eigenvalue weighted by Gasteiger charge is -2.23. The molecule has 0 spiro atoms. The van der Waals surface area contributed by atoms with Crippen molar-refractivity contribution < 1.29 is 21.6 Å². The first-order valence-electron chi connectivity index (χ1n) is 5.77. The summed E-state index contributed by atoms with van der Waals surface area (Å²) in [5, 5.41) is -0.191. The molecule has 1 aromatic carbocycles.